The molecule has 0 aliphatic rings. The van der Waals surface area contributed by atoms with Gasteiger partial charge in [-0.15, -0.1) is 0 Å². The quantitative estimate of drug-likeness (QED) is 0.436. The van der Waals surface area contributed by atoms with Crippen LogP contribution in [-0.2, 0) is 0 Å². The highest BCUT2D eigenvalue weighted by Gasteiger charge is 2.17. The van der Waals surface area contributed by atoms with Crippen LogP contribution in [0.25, 0.3) is 38.5 Å². The summed E-state index contributed by atoms with van der Waals surface area (Å²) in [6, 6.07) is 15.2. The SMILES string of the molecule is O=c1[nH]c2ccc(-n3c(-c4ccc(F)cc4)nc4ccc(Cl)nc43)cc2s1. The van der Waals surface area contributed by atoms with Crippen LogP contribution in [0.1, 0.15) is 0 Å². The van der Waals surface area contributed by atoms with Gasteiger partial charge < -0.3 is 4.98 Å². The maximum absolute atomic E-state index is 13.4. The van der Waals surface area contributed by atoms with Gasteiger partial charge in [0.15, 0.2) is 5.65 Å². The molecule has 0 atom stereocenters. The molecule has 3 heterocycles. The Balaban J connectivity index is 1.84. The normalized spacial score (nSPS) is 11.5. The predicted octanol–water partition coefficient (Wildman–Crippen LogP) is 4.78. The van der Waals surface area contributed by atoms with E-state index in [1.807, 2.05) is 22.8 Å². The van der Waals surface area contributed by atoms with E-state index in [4.69, 9.17) is 11.6 Å². The predicted molar refractivity (Wildman–Crippen MR) is 105 cm³/mol. The minimum atomic E-state index is -0.318. The lowest BCUT2D eigenvalue weighted by atomic mass is 10.2. The van der Waals surface area contributed by atoms with Crippen molar-refractivity contribution in [3.05, 3.63) is 75.2 Å². The van der Waals surface area contributed by atoms with Crippen molar-refractivity contribution in [1.29, 1.82) is 0 Å². The number of benzene rings is 2. The molecular formula is C19H10ClFN4OS. The molecule has 0 spiro atoms. The molecule has 0 saturated heterocycles. The molecule has 3 aromatic heterocycles. The van der Waals surface area contributed by atoms with Crippen LogP contribution in [0.15, 0.2) is 59.4 Å². The topological polar surface area (TPSA) is 63.6 Å². The molecule has 0 unspecified atom stereocenters. The molecule has 0 amide bonds. The number of imidazole rings is 1. The first kappa shape index (κ1) is 16.2. The molecule has 0 radical (unpaired) electrons. The van der Waals surface area contributed by atoms with Crippen LogP contribution < -0.4 is 4.87 Å². The highest BCUT2D eigenvalue weighted by atomic mass is 35.5. The molecule has 8 heteroatoms. The molecule has 2 aromatic carbocycles. The third-order valence-corrected chi connectivity index (χ3v) is 5.29. The zero-order chi connectivity index (χ0) is 18.5. The number of thiazole rings is 1. The van der Waals surface area contributed by atoms with Gasteiger partial charge in [-0.05, 0) is 54.6 Å². The minimum Gasteiger partial charge on any atom is -0.312 e. The summed E-state index contributed by atoms with van der Waals surface area (Å²) >= 11 is 7.24. The zero-order valence-electron chi connectivity index (χ0n) is 13.6. The Morgan fingerprint density at radius 1 is 1.04 bits per heavy atom. The van der Waals surface area contributed by atoms with Crippen LogP contribution in [0.4, 0.5) is 4.39 Å². The van der Waals surface area contributed by atoms with Crippen LogP contribution in [-0.4, -0.2) is 19.5 Å². The molecule has 0 aliphatic heterocycles. The molecule has 5 rings (SSSR count). The molecule has 0 bridgehead atoms. The van der Waals surface area contributed by atoms with Gasteiger partial charge in [0.25, 0.3) is 0 Å². The fraction of sp³-hybridized carbons (Fsp3) is 0. The molecule has 0 saturated carbocycles. The van der Waals surface area contributed by atoms with Crippen LogP contribution in [0.3, 0.4) is 0 Å². The number of hydrogen-bond donors (Lipinski definition) is 1. The first-order valence-electron chi connectivity index (χ1n) is 8.03. The van der Waals surface area contributed by atoms with Gasteiger partial charge in [-0.3, -0.25) is 9.36 Å². The van der Waals surface area contributed by atoms with Gasteiger partial charge in [0.2, 0.25) is 0 Å². The molecule has 5 aromatic rings. The fourth-order valence-corrected chi connectivity index (χ4v) is 3.96. The number of halogens is 2. The largest absolute Gasteiger partial charge is 0.312 e. The highest BCUT2D eigenvalue weighted by molar-refractivity contribution is 7.16. The minimum absolute atomic E-state index is 0.113. The molecule has 132 valence electrons. The molecule has 5 nitrogen and oxygen atoms in total. The van der Waals surface area contributed by atoms with E-state index in [0.29, 0.717) is 22.1 Å². The van der Waals surface area contributed by atoms with E-state index >= 15 is 0 Å². The van der Waals surface area contributed by atoms with Crippen molar-refractivity contribution in [2.24, 2.45) is 0 Å². The summed E-state index contributed by atoms with van der Waals surface area (Å²) < 4.78 is 16.1. The molecule has 1 N–H and O–H groups in total. The van der Waals surface area contributed by atoms with Gasteiger partial charge in [0, 0.05) is 5.56 Å². The average Bonchev–Trinajstić information content (AvgIpc) is 3.20. The van der Waals surface area contributed by atoms with Gasteiger partial charge in [-0.1, -0.05) is 22.9 Å². The Labute approximate surface area is 160 Å². The van der Waals surface area contributed by atoms with Crippen molar-refractivity contribution in [3.63, 3.8) is 0 Å². The van der Waals surface area contributed by atoms with Crippen molar-refractivity contribution < 1.29 is 4.39 Å². The van der Waals surface area contributed by atoms with E-state index in [1.165, 1.54) is 12.1 Å². The maximum Gasteiger partial charge on any atom is 0.305 e. The number of fused-ring (bicyclic) bond motifs is 2. The summed E-state index contributed by atoms with van der Waals surface area (Å²) in [5.74, 6) is 0.295. The first-order chi connectivity index (χ1) is 13.1. The van der Waals surface area contributed by atoms with Gasteiger partial charge in [0.1, 0.15) is 22.3 Å². The number of aromatic nitrogens is 4. The summed E-state index contributed by atoms with van der Waals surface area (Å²) in [5, 5.41) is 0.349. The van der Waals surface area contributed by atoms with Crippen molar-refractivity contribution in [2.75, 3.05) is 0 Å². The lowest BCUT2D eigenvalue weighted by molar-refractivity contribution is 0.628. The van der Waals surface area contributed by atoms with E-state index in [0.717, 1.165) is 32.8 Å². The second-order valence-corrected chi connectivity index (χ2v) is 7.35. The van der Waals surface area contributed by atoms with Crippen molar-refractivity contribution in [2.45, 2.75) is 0 Å². The number of nitrogens with zero attached hydrogens (tertiary/aromatic N) is 3. The van der Waals surface area contributed by atoms with E-state index in [1.54, 1.807) is 24.3 Å². The standard InChI is InChI=1S/C19H10ClFN4OS/c20-16-8-7-14-18(24-16)25(17(22-14)10-1-3-11(21)4-2-10)12-5-6-13-15(9-12)27-19(26)23-13/h1-9H,(H,23,26). The molecular weight excluding hydrogens is 387 g/mol. The monoisotopic (exact) mass is 396 g/mol. The third kappa shape index (κ3) is 2.72. The van der Waals surface area contributed by atoms with Gasteiger partial charge in [-0.2, -0.15) is 0 Å². The van der Waals surface area contributed by atoms with E-state index < -0.39 is 0 Å². The van der Waals surface area contributed by atoms with Crippen molar-refractivity contribution in [1.82, 2.24) is 19.5 Å². The summed E-state index contributed by atoms with van der Waals surface area (Å²) in [5.41, 5.74) is 3.56. The second kappa shape index (κ2) is 6.00. The molecule has 27 heavy (non-hydrogen) atoms. The Bertz CT molecular complexity index is 1370. The van der Waals surface area contributed by atoms with Crippen LogP contribution in [0.5, 0.6) is 0 Å². The molecule has 0 aliphatic carbocycles. The number of rotatable bonds is 2. The van der Waals surface area contributed by atoms with Gasteiger partial charge >= 0.3 is 4.87 Å². The maximum atomic E-state index is 13.4. The summed E-state index contributed by atoms with van der Waals surface area (Å²) in [6.45, 7) is 0. The van der Waals surface area contributed by atoms with Crippen molar-refractivity contribution in [3.8, 4) is 17.1 Å². The van der Waals surface area contributed by atoms with E-state index in [2.05, 4.69) is 15.0 Å². The number of hydrogen-bond acceptors (Lipinski definition) is 4. The van der Waals surface area contributed by atoms with Gasteiger partial charge in [0.05, 0.1) is 15.9 Å². The second-order valence-electron chi connectivity index (χ2n) is 5.95. The van der Waals surface area contributed by atoms with Crippen LogP contribution >= 0.6 is 22.9 Å². The number of aromatic amines is 1. The van der Waals surface area contributed by atoms with Crippen molar-refractivity contribution >= 4 is 44.3 Å². The Morgan fingerprint density at radius 3 is 2.67 bits per heavy atom. The Hall–Kier alpha value is -3.03. The van der Waals surface area contributed by atoms with Crippen LogP contribution in [0, 0.1) is 5.82 Å². The number of H-pyrrole nitrogens is 1. The lowest BCUT2D eigenvalue weighted by Crippen LogP contribution is -1.99. The fourth-order valence-electron chi connectivity index (χ4n) is 3.04. The summed E-state index contributed by atoms with van der Waals surface area (Å²) in [4.78, 5) is 23.4. The summed E-state index contributed by atoms with van der Waals surface area (Å²) in [6.07, 6.45) is 0. The van der Waals surface area contributed by atoms with E-state index in [-0.39, 0.29) is 10.7 Å². The number of pyridine rings is 1. The van der Waals surface area contributed by atoms with E-state index in [9.17, 15) is 9.18 Å². The Kier molecular flexibility index (Phi) is 3.60. The smallest absolute Gasteiger partial charge is 0.305 e. The average molecular weight is 397 g/mol. The first-order valence-corrected chi connectivity index (χ1v) is 9.22. The summed E-state index contributed by atoms with van der Waals surface area (Å²) in [7, 11) is 0. The van der Waals surface area contributed by atoms with Crippen LogP contribution in [0.2, 0.25) is 5.15 Å². The lowest BCUT2D eigenvalue weighted by Gasteiger charge is -2.09. The zero-order valence-corrected chi connectivity index (χ0v) is 15.2. The van der Waals surface area contributed by atoms with Gasteiger partial charge in [-0.25, -0.2) is 14.4 Å². The Morgan fingerprint density at radius 2 is 1.85 bits per heavy atom. The third-order valence-electron chi connectivity index (χ3n) is 4.24. The molecule has 0 fully saturated rings. The number of nitrogens with one attached hydrogen (secondary N) is 1. The highest BCUT2D eigenvalue weighted by Crippen LogP contribution is 2.30.